The first-order valence-electron chi connectivity index (χ1n) is 6.39. The van der Waals surface area contributed by atoms with Crippen molar-refractivity contribution < 1.29 is 14.7 Å². The molecular formula is C14H17NO3. The topological polar surface area (TPSA) is 57.6 Å². The van der Waals surface area contributed by atoms with Crippen LogP contribution in [0.5, 0.6) is 0 Å². The van der Waals surface area contributed by atoms with Gasteiger partial charge in [0, 0.05) is 11.8 Å². The average molecular weight is 247 g/mol. The summed E-state index contributed by atoms with van der Waals surface area (Å²) >= 11 is 0. The molecule has 1 saturated heterocycles. The Hall–Kier alpha value is -1.42. The van der Waals surface area contributed by atoms with Crippen molar-refractivity contribution in [3.63, 3.8) is 0 Å². The molecule has 4 heteroatoms. The first-order chi connectivity index (χ1) is 8.57. The zero-order valence-corrected chi connectivity index (χ0v) is 10.6. The van der Waals surface area contributed by atoms with Crippen LogP contribution >= 0.6 is 0 Å². The molecular weight excluding hydrogens is 230 g/mol. The van der Waals surface area contributed by atoms with E-state index in [0.717, 1.165) is 0 Å². The summed E-state index contributed by atoms with van der Waals surface area (Å²) in [6.07, 6.45) is 4.14. The number of hydrogen-bond donors (Lipinski definition) is 1. The number of aliphatic hydroxyl groups is 1. The second kappa shape index (κ2) is 3.79. The van der Waals surface area contributed by atoms with Gasteiger partial charge < -0.3 is 5.11 Å². The van der Waals surface area contributed by atoms with E-state index in [0.29, 0.717) is 0 Å². The molecule has 3 rings (SSSR count). The van der Waals surface area contributed by atoms with Crippen molar-refractivity contribution >= 4 is 11.8 Å². The maximum absolute atomic E-state index is 12.3. The summed E-state index contributed by atoms with van der Waals surface area (Å²) in [6.45, 7) is 4.07. The van der Waals surface area contributed by atoms with Crippen LogP contribution in [0.1, 0.15) is 13.8 Å². The van der Waals surface area contributed by atoms with Crippen molar-refractivity contribution in [2.45, 2.75) is 13.8 Å². The van der Waals surface area contributed by atoms with Gasteiger partial charge in [0.25, 0.3) is 0 Å². The van der Waals surface area contributed by atoms with Gasteiger partial charge in [-0.05, 0) is 13.8 Å². The summed E-state index contributed by atoms with van der Waals surface area (Å²) in [5.74, 6) is -0.438. The highest BCUT2D eigenvalue weighted by Gasteiger charge is 2.61. The van der Waals surface area contributed by atoms with E-state index in [2.05, 4.69) is 12.2 Å². The molecule has 3 aliphatic rings. The largest absolute Gasteiger partial charge is 0.395 e. The molecule has 1 N–H and O–H groups in total. The molecule has 96 valence electrons. The van der Waals surface area contributed by atoms with Gasteiger partial charge in [0.05, 0.1) is 25.0 Å². The van der Waals surface area contributed by atoms with Crippen LogP contribution < -0.4 is 0 Å². The van der Waals surface area contributed by atoms with Gasteiger partial charge in [-0.25, -0.2) is 0 Å². The highest BCUT2D eigenvalue weighted by Crippen LogP contribution is 2.56. The standard InChI is InChI=1S/C14H17NO3/c1-7(2)10-8-3-4-9(10)12-11(8)13(17)15(5-6-16)14(12)18/h3-4,8-9,11-12,16H,5-6H2,1-2H3/t8-,9-,11-,12-/m1/s1. The van der Waals surface area contributed by atoms with Crippen molar-refractivity contribution in [1.29, 1.82) is 0 Å². The molecule has 4 atom stereocenters. The molecule has 1 saturated carbocycles. The van der Waals surface area contributed by atoms with Crippen LogP contribution in [0.3, 0.4) is 0 Å². The molecule has 0 aromatic rings. The predicted molar refractivity (Wildman–Crippen MR) is 65.3 cm³/mol. The number of hydrogen-bond acceptors (Lipinski definition) is 3. The van der Waals surface area contributed by atoms with Crippen molar-refractivity contribution in [2.24, 2.45) is 23.7 Å². The molecule has 2 fully saturated rings. The molecule has 0 spiro atoms. The van der Waals surface area contributed by atoms with Gasteiger partial charge in [0.15, 0.2) is 0 Å². The Morgan fingerprint density at radius 3 is 2.06 bits per heavy atom. The van der Waals surface area contributed by atoms with Crippen LogP contribution in [0.4, 0.5) is 0 Å². The Morgan fingerprint density at radius 2 is 1.67 bits per heavy atom. The smallest absolute Gasteiger partial charge is 0.234 e. The molecule has 0 aromatic heterocycles. The van der Waals surface area contributed by atoms with E-state index >= 15 is 0 Å². The van der Waals surface area contributed by atoms with Crippen LogP contribution in [0.25, 0.3) is 0 Å². The number of aliphatic hydroxyl groups excluding tert-OH is 1. The normalized spacial score (nSPS) is 36.8. The summed E-state index contributed by atoms with van der Waals surface area (Å²) in [7, 11) is 0. The van der Waals surface area contributed by atoms with Gasteiger partial charge in [-0.2, -0.15) is 0 Å². The highest BCUT2D eigenvalue weighted by molar-refractivity contribution is 6.07. The zero-order chi connectivity index (χ0) is 13.0. The van der Waals surface area contributed by atoms with Crippen molar-refractivity contribution in [2.75, 3.05) is 13.2 Å². The van der Waals surface area contributed by atoms with Gasteiger partial charge in [0.2, 0.25) is 11.8 Å². The maximum atomic E-state index is 12.3. The maximum Gasteiger partial charge on any atom is 0.234 e. The number of carbonyl (C=O) groups excluding carboxylic acids is 2. The Bertz CT molecular complexity index is 453. The minimum absolute atomic E-state index is 0.102. The number of rotatable bonds is 2. The Kier molecular flexibility index (Phi) is 2.45. The number of carbonyl (C=O) groups is 2. The number of fused-ring (bicyclic) bond motifs is 5. The summed E-state index contributed by atoms with van der Waals surface area (Å²) in [6, 6.07) is 0. The summed E-state index contributed by atoms with van der Waals surface area (Å²) in [4.78, 5) is 25.8. The van der Waals surface area contributed by atoms with Crippen LogP contribution in [0, 0.1) is 23.7 Å². The van der Waals surface area contributed by atoms with Gasteiger partial charge in [-0.15, -0.1) is 0 Å². The number of likely N-dealkylation sites (tertiary alicyclic amines) is 1. The molecule has 0 radical (unpaired) electrons. The third-order valence-corrected chi connectivity index (χ3v) is 4.41. The first kappa shape index (κ1) is 11.7. The van der Waals surface area contributed by atoms with E-state index in [9.17, 15) is 9.59 Å². The molecule has 1 aliphatic heterocycles. The number of β-amino-alcohol motifs (C(OH)–C–C–N with tert-alkyl or cyclic N) is 1. The fraction of sp³-hybridized carbons (Fsp3) is 0.571. The first-order valence-corrected chi connectivity index (χ1v) is 6.39. The van der Waals surface area contributed by atoms with Crippen LogP contribution in [0.15, 0.2) is 23.3 Å². The van der Waals surface area contributed by atoms with Gasteiger partial charge in [-0.1, -0.05) is 23.3 Å². The second-order valence-electron chi connectivity index (χ2n) is 5.50. The Balaban J connectivity index is 2.01. The predicted octanol–water partition coefficient (Wildman–Crippen LogP) is 0.732. The van der Waals surface area contributed by atoms with Gasteiger partial charge in [0.1, 0.15) is 0 Å². The van der Waals surface area contributed by atoms with Crippen molar-refractivity contribution in [3.05, 3.63) is 23.3 Å². The SMILES string of the molecule is CC(C)=C1[C@H]2C=C[C@H]1[C@H]1C(=O)N(CCO)C(=O)[C@@H]12. The lowest BCUT2D eigenvalue weighted by Gasteiger charge is -2.18. The van der Waals surface area contributed by atoms with Crippen molar-refractivity contribution in [1.82, 2.24) is 4.90 Å². The van der Waals surface area contributed by atoms with E-state index in [1.54, 1.807) is 0 Å². The highest BCUT2D eigenvalue weighted by atomic mass is 16.3. The van der Waals surface area contributed by atoms with Crippen LogP contribution in [-0.4, -0.2) is 35.0 Å². The number of imide groups is 1. The van der Waals surface area contributed by atoms with E-state index in [1.165, 1.54) is 16.0 Å². The lowest BCUT2D eigenvalue weighted by atomic mass is 9.85. The number of allylic oxidation sites excluding steroid dienone is 4. The molecule has 4 nitrogen and oxygen atoms in total. The molecule has 0 aromatic carbocycles. The third-order valence-electron chi connectivity index (χ3n) is 4.41. The summed E-state index contributed by atoms with van der Waals surface area (Å²) < 4.78 is 0. The second-order valence-corrected chi connectivity index (χ2v) is 5.50. The third kappa shape index (κ3) is 1.24. The monoisotopic (exact) mass is 247 g/mol. The number of nitrogens with zero attached hydrogens (tertiary/aromatic N) is 1. The Morgan fingerprint density at radius 1 is 1.17 bits per heavy atom. The minimum Gasteiger partial charge on any atom is -0.395 e. The van der Waals surface area contributed by atoms with Gasteiger partial charge in [-0.3, -0.25) is 14.5 Å². The minimum atomic E-state index is -0.219. The molecule has 1 heterocycles. The summed E-state index contributed by atoms with van der Waals surface area (Å²) in [5, 5.41) is 8.94. The number of amides is 2. The fourth-order valence-corrected chi connectivity index (χ4v) is 3.81. The quantitative estimate of drug-likeness (QED) is 0.578. The molecule has 2 bridgehead atoms. The van der Waals surface area contributed by atoms with Gasteiger partial charge >= 0.3 is 0 Å². The lowest BCUT2D eigenvalue weighted by molar-refractivity contribution is -0.141. The fourth-order valence-electron chi connectivity index (χ4n) is 3.81. The lowest BCUT2D eigenvalue weighted by Crippen LogP contribution is -2.35. The van der Waals surface area contributed by atoms with E-state index < -0.39 is 0 Å². The molecule has 18 heavy (non-hydrogen) atoms. The van der Waals surface area contributed by atoms with E-state index in [1.807, 2.05) is 13.8 Å². The van der Waals surface area contributed by atoms with Crippen molar-refractivity contribution in [3.8, 4) is 0 Å². The Labute approximate surface area is 106 Å². The zero-order valence-electron chi connectivity index (χ0n) is 10.6. The molecule has 2 aliphatic carbocycles. The van der Waals surface area contributed by atoms with Crippen LogP contribution in [-0.2, 0) is 9.59 Å². The van der Waals surface area contributed by atoms with Crippen LogP contribution in [0.2, 0.25) is 0 Å². The summed E-state index contributed by atoms with van der Waals surface area (Å²) in [5.41, 5.74) is 2.48. The molecule has 0 unspecified atom stereocenters. The van der Waals surface area contributed by atoms with E-state index in [4.69, 9.17) is 5.11 Å². The molecule has 2 amide bonds. The van der Waals surface area contributed by atoms with E-state index in [-0.39, 0.29) is 48.6 Å². The average Bonchev–Trinajstić information content (AvgIpc) is 2.95.